The molecule has 32 heavy (non-hydrogen) atoms. The highest BCUT2D eigenvalue weighted by Gasteiger charge is 2.31. The fourth-order valence-electron chi connectivity index (χ4n) is 4.80. The van der Waals surface area contributed by atoms with Crippen LogP contribution in [0, 0.1) is 13.8 Å². The third kappa shape index (κ3) is 3.01. The molecule has 3 heterocycles. The van der Waals surface area contributed by atoms with Gasteiger partial charge < -0.3 is 13.9 Å². The van der Waals surface area contributed by atoms with Crippen LogP contribution in [0.2, 0.25) is 0 Å². The van der Waals surface area contributed by atoms with Crippen LogP contribution in [-0.2, 0) is 6.67 Å². The summed E-state index contributed by atoms with van der Waals surface area (Å²) in [4.78, 5) is 19.9. The standard InChI is InChI=1S/C27H23N3O2/c1-17-7-10-19(11-8-17)29-15-22(27-28-23-5-3-4-6-24(23)30(27)16-29)21-14-26(31)32-25-13-18(2)9-12-20(21)25/h3-14,22H,15-16H2,1-2H3. The van der Waals surface area contributed by atoms with Gasteiger partial charge >= 0.3 is 5.63 Å². The van der Waals surface area contributed by atoms with Crippen molar-refractivity contribution >= 4 is 27.7 Å². The van der Waals surface area contributed by atoms with Gasteiger partial charge in [0.15, 0.2) is 0 Å². The summed E-state index contributed by atoms with van der Waals surface area (Å²) < 4.78 is 7.82. The molecule has 5 nitrogen and oxygen atoms in total. The molecule has 1 aliphatic heterocycles. The van der Waals surface area contributed by atoms with E-state index in [1.807, 2.05) is 25.1 Å². The zero-order valence-corrected chi connectivity index (χ0v) is 18.1. The summed E-state index contributed by atoms with van der Waals surface area (Å²) in [6, 6.07) is 24.5. The Morgan fingerprint density at radius 2 is 1.72 bits per heavy atom. The average Bonchev–Trinajstić information content (AvgIpc) is 3.17. The fraction of sp³-hybridized carbons (Fsp3) is 0.185. The Bertz CT molecular complexity index is 1530. The predicted molar refractivity (Wildman–Crippen MR) is 127 cm³/mol. The van der Waals surface area contributed by atoms with Crippen LogP contribution in [0.15, 0.2) is 82.0 Å². The molecule has 6 rings (SSSR count). The second kappa shape index (κ2) is 7.09. The van der Waals surface area contributed by atoms with E-state index in [4.69, 9.17) is 9.40 Å². The van der Waals surface area contributed by atoms with Crippen LogP contribution in [0.25, 0.3) is 22.0 Å². The van der Waals surface area contributed by atoms with E-state index in [0.29, 0.717) is 12.3 Å². The number of hydrogen-bond donors (Lipinski definition) is 0. The van der Waals surface area contributed by atoms with Crippen LogP contribution in [0.4, 0.5) is 5.69 Å². The van der Waals surface area contributed by atoms with Crippen LogP contribution in [0.3, 0.4) is 0 Å². The maximum atomic E-state index is 12.5. The van der Waals surface area contributed by atoms with Gasteiger partial charge in [-0.1, -0.05) is 42.0 Å². The Balaban J connectivity index is 1.59. The monoisotopic (exact) mass is 421 g/mol. The summed E-state index contributed by atoms with van der Waals surface area (Å²) in [7, 11) is 0. The van der Waals surface area contributed by atoms with Crippen LogP contribution >= 0.6 is 0 Å². The van der Waals surface area contributed by atoms with Gasteiger partial charge in [0.2, 0.25) is 0 Å². The van der Waals surface area contributed by atoms with Crippen LogP contribution in [0.1, 0.15) is 28.4 Å². The Labute approximate surface area is 185 Å². The second-order valence-electron chi connectivity index (χ2n) is 8.66. The summed E-state index contributed by atoms with van der Waals surface area (Å²) in [5, 5.41) is 0.963. The molecule has 3 aromatic carbocycles. The van der Waals surface area contributed by atoms with Crippen molar-refractivity contribution in [3.63, 3.8) is 0 Å². The zero-order chi connectivity index (χ0) is 21.8. The number of aromatic nitrogens is 2. The van der Waals surface area contributed by atoms with Crippen molar-refractivity contribution in [3.8, 4) is 0 Å². The summed E-state index contributed by atoms with van der Waals surface area (Å²) in [6.45, 7) is 5.56. The SMILES string of the molecule is Cc1ccc(N2CC(c3cc(=O)oc4cc(C)ccc34)c3nc4ccccc4n3C2)cc1. The van der Waals surface area contributed by atoms with Gasteiger partial charge in [-0.15, -0.1) is 0 Å². The molecule has 1 atom stereocenters. The van der Waals surface area contributed by atoms with Crippen molar-refractivity contribution < 1.29 is 4.42 Å². The molecule has 0 amide bonds. The van der Waals surface area contributed by atoms with Gasteiger partial charge in [-0.05, 0) is 55.3 Å². The molecule has 5 heteroatoms. The molecule has 0 saturated carbocycles. The van der Waals surface area contributed by atoms with E-state index in [1.165, 1.54) is 5.56 Å². The van der Waals surface area contributed by atoms with Crippen LogP contribution < -0.4 is 10.5 Å². The van der Waals surface area contributed by atoms with E-state index in [0.717, 1.165) is 45.6 Å². The van der Waals surface area contributed by atoms with Crippen LogP contribution in [0.5, 0.6) is 0 Å². The summed E-state index contributed by atoms with van der Waals surface area (Å²) in [6.07, 6.45) is 0. The molecule has 0 saturated heterocycles. The first kappa shape index (κ1) is 18.9. The van der Waals surface area contributed by atoms with E-state index in [9.17, 15) is 4.79 Å². The average molecular weight is 422 g/mol. The maximum absolute atomic E-state index is 12.5. The Kier molecular flexibility index (Phi) is 4.18. The predicted octanol–water partition coefficient (Wildman–Crippen LogP) is 5.37. The van der Waals surface area contributed by atoms with Gasteiger partial charge in [0.05, 0.1) is 23.6 Å². The first-order chi connectivity index (χ1) is 15.6. The van der Waals surface area contributed by atoms with E-state index >= 15 is 0 Å². The molecule has 0 radical (unpaired) electrons. The van der Waals surface area contributed by atoms with E-state index in [1.54, 1.807) is 6.07 Å². The molecule has 5 aromatic rings. The van der Waals surface area contributed by atoms with E-state index in [-0.39, 0.29) is 11.5 Å². The van der Waals surface area contributed by atoms with Gasteiger partial charge in [0.25, 0.3) is 0 Å². The van der Waals surface area contributed by atoms with Crippen molar-refractivity contribution in [2.24, 2.45) is 0 Å². The highest BCUT2D eigenvalue weighted by molar-refractivity contribution is 5.83. The van der Waals surface area contributed by atoms with Gasteiger partial charge in [-0.25, -0.2) is 9.78 Å². The number of anilines is 1. The van der Waals surface area contributed by atoms with Crippen molar-refractivity contribution in [1.29, 1.82) is 0 Å². The lowest BCUT2D eigenvalue weighted by molar-refractivity contribution is 0.517. The molecule has 1 aliphatic rings. The molecule has 0 bridgehead atoms. The number of hydrogen-bond acceptors (Lipinski definition) is 4. The maximum Gasteiger partial charge on any atom is 0.336 e. The number of imidazole rings is 1. The van der Waals surface area contributed by atoms with Crippen molar-refractivity contribution in [1.82, 2.24) is 9.55 Å². The Hall–Kier alpha value is -3.86. The topological polar surface area (TPSA) is 51.3 Å². The Morgan fingerprint density at radius 3 is 2.56 bits per heavy atom. The van der Waals surface area contributed by atoms with Gasteiger partial charge in [0, 0.05) is 23.7 Å². The molecular formula is C27H23N3O2. The highest BCUT2D eigenvalue weighted by Crippen LogP contribution is 2.37. The smallest absolute Gasteiger partial charge is 0.336 e. The van der Waals surface area contributed by atoms with Crippen molar-refractivity contribution in [3.05, 3.63) is 106 Å². The molecular weight excluding hydrogens is 398 g/mol. The summed E-state index contributed by atoms with van der Waals surface area (Å²) in [5.41, 5.74) is 6.80. The molecule has 1 unspecified atom stereocenters. The number of para-hydroxylation sites is 2. The molecule has 2 aromatic heterocycles. The minimum atomic E-state index is -0.326. The molecule has 0 fully saturated rings. The van der Waals surface area contributed by atoms with E-state index < -0.39 is 0 Å². The van der Waals surface area contributed by atoms with Crippen LogP contribution in [-0.4, -0.2) is 16.1 Å². The van der Waals surface area contributed by atoms with Gasteiger partial charge in [-0.3, -0.25) is 0 Å². The number of aryl methyl sites for hydroxylation is 2. The molecule has 0 spiro atoms. The van der Waals surface area contributed by atoms with Gasteiger partial charge in [0.1, 0.15) is 11.4 Å². The third-order valence-corrected chi connectivity index (χ3v) is 6.42. The highest BCUT2D eigenvalue weighted by atomic mass is 16.4. The number of benzene rings is 3. The third-order valence-electron chi connectivity index (χ3n) is 6.42. The fourth-order valence-corrected chi connectivity index (χ4v) is 4.80. The van der Waals surface area contributed by atoms with E-state index in [2.05, 4.69) is 64.9 Å². The molecule has 158 valence electrons. The second-order valence-corrected chi connectivity index (χ2v) is 8.66. The quantitative estimate of drug-likeness (QED) is 0.360. The Morgan fingerprint density at radius 1 is 0.938 bits per heavy atom. The largest absolute Gasteiger partial charge is 0.423 e. The number of nitrogens with zero attached hydrogens (tertiary/aromatic N) is 3. The van der Waals surface area contributed by atoms with Crippen molar-refractivity contribution in [2.75, 3.05) is 11.4 Å². The lowest BCUT2D eigenvalue weighted by Gasteiger charge is -2.36. The molecule has 0 N–H and O–H groups in total. The summed E-state index contributed by atoms with van der Waals surface area (Å²) >= 11 is 0. The number of rotatable bonds is 2. The normalized spacial score (nSPS) is 15.9. The lowest BCUT2D eigenvalue weighted by atomic mass is 9.93. The van der Waals surface area contributed by atoms with Gasteiger partial charge in [-0.2, -0.15) is 0 Å². The van der Waals surface area contributed by atoms with Crippen molar-refractivity contribution in [2.45, 2.75) is 26.4 Å². The lowest BCUT2D eigenvalue weighted by Crippen LogP contribution is -2.38. The minimum absolute atomic E-state index is 0.0632. The minimum Gasteiger partial charge on any atom is -0.423 e. The summed E-state index contributed by atoms with van der Waals surface area (Å²) in [5.74, 6) is 0.925. The number of fused-ring (bicyclic) bond motifs is 4. The first-order valence-electron chi connectivity index (χ1n) is 10.9. The first-order valence-corrected chi connectivity index (χ1v) is 10.9. The molecule has 0 aliphatic carbocycles. The zero-order valence-electron chi connectivity index (χ0n) is 18.1.